The van der Waals surface area contributed by atoms with Crippen LogP contribution in [0, 0.1) is 41.7 Å². The summed E-state index contributed by atoms with van der Waals surface area (Å²) in [6, 6.07) is 0. The topological polar surface area (TPSA) is 77.8 Å². The summed E-state index contributed by atoms with van der Waals surface area (Å²) < 4.78 is 8.88. The third-order valence-electron chi connectivity index (χ3n) is 0. The monoisotopic (exact) mass is 386 g/mol. The molecule has 8 heteroatoms. The third-order valence-corrected chi connectivity index (χ3v) is 0. The maximum atomic E-state index is 8.88. The molecule has 0 aliphatic carbocycles. The zero-order chi connectivity index (χ0) is 4.50. The molecule has 0 aromatic carbocycles. The molecule has 0 unspecified atom stereocenters. The van der Waals surface area contributed by atoms with Crippen molar-refractivity contribution in [3.8, 4) is 0 Å². The molecule has 0 bridgehead atoms. The van der Waals surface area contributed by atoms with Crippen molar-refractivity contribution >= 4 is 7.82 Å². The average Bonchev–Trinajstić information content (AvgIpc) is 0.722. The van der Waals surface area contributed by atoms with Crippen LogP contribution in [0.15, 0.2) is 0 Å². The van der Waals surface area contributed by atoms with E-state index in [1.807, 2.05) is 0 Å². The Bertz CT molecular complexity index is 62.2. The Morgan fingerprint density at radius 3 is 1.12 bits per heavy atom. The number of hydrogen-bond donors (Lipinski definition) is 3. The van der Waals surface area contributed by atoms with Crippen LogP contribution in [0.4, 0.5) is 0 Å². The zero-order valence-electron chi connectivity index (χ0n) is 3.51. The van der Waals surface area contributed by atoms with Gasteiger partial charge in [0.1, 0.15) is 0 Å². The van der Waals surface area contributed by atoms with Gasteiger partial charge in [-0.3, -0.25) is 0 Å². The Morgan fingerprint density at radius 1 is 1.12 bits per heavy atom. The summed E-state index contributed by atoms with van der Waals surface area (Å²) in [6.45, 7) is 0. The Labute approximate surface area is 109 Å². The van der Waals surface area contributed by atoms with E-state index in [9.17, 15) is 0 Å². The minimum atomic E-state index is -4.64. The van der Waals surface area contributed by atoms with Crippen LogP contribution in [0.25, 0.3) is 0 Å². The van der Waals surface area contributed by atoms with Crippen molar-refractivity contribution in [2.45, 2.75) is 0 Å². The summed E-state index contributed by atoms with van der Waals surface area (Å²) in [5.74, 6) is 0. The van der Waals surface area contributed by atoms with E-state index in [0.29, 0.717) is 0 Å². The van der Waals surface area contributed by atoms with Gasteiger partial charge >= 0.3 is 7.82 Å². The maximum Gasteiger partial charge on any atom is 0.466 e. The molecular weight excluding hydrogens is 385 g/mol. The van der Waals surface area contributed by atoms with Gasteiger partial charge in [-0.15, -0.1) is 0 Å². The molecule has 0 radical (unpaired) electrons. The summed E-state index contributed by atoms with van der Waals surface area (Å²) in [4.78, 5) is 21.6. The van der Waals surface area contributed by atoms with Gasteiger partial charge in [0.15, 0.2) is 0 Å². The molecule has 0 spiro atoms. The Balaban J connectivity index is -0.0000000267. The van der Waals surface area contributed by atoms with Gasteiger partial charge in [0.25, 0.3) is 0 Å². The molecule has 0 saturated heterocycles. The van der Waals surface area contributed by atoms with Crippen LogP contribution in [-0.2, 0) is 47.3 Å². The molecule has 0 aromatic heterocycles. The molecule has 4 nitrogen and oxygen atoms in total. The molecule has 0 rings (SSSR count). The van der Waals surface area contributed by atoms with E-state index in [2.05, 4.69) is 0 Å². The first-order chi connectivity index (χ1) is 2.00. The van der Waals surface area contributed by atoms with E-state index >= 15 is 0 Å². The first-order valence-electron chi connectivity index (χ1n) is 0.783. The van der Waals surface area contributed by atoms with E-state index in [1.165, 1.54) is 0 Å². The Kier molecular flexibility index (Phi) is 27.7. The number of phosphoric acid groups is 1. The first kappa shape index (κ1) is 22.4. The molecule has 0 amide bonds. The zero-order valence-corrected chi connectivity index (χ0v) is 11.0. The SMILES string of the molecule is O=P(O)(O)O.[Ce].[Ni].[Zr]. The minimum Gasteiger partial charge on any atom is -0.303 e. The second-order valence-corrected chi connectivity index (χ2v) is 1.54. The van der Waals surface area contributed by atoms with Gasteiger partial charge in [0, 0.05) is 84.4 Å². The molecule has 0 aliphatic heterocycles. The second-order valence-electron chi connectivity index (χ2n) is 0.513. The van der Waals surface area contributed by atoms with E-state index in [0.717, 1.165) is 0 Å². The van der Waals surface area contributed by atoms with Crippen molar-refractivity contribution < 1.29 is 104 Å². The van der Waals surface area contributed by atoms with E-state index in [-0.39, 0.29) is 84.4 Å². The summed E-state index contributed by atoms with van der Waals surface area (Å²) in [5.41, 5.74) is 0. The predicted molar refractivity (Wildman–Crippen MR) is 14.3 cm³/mol. The van der Waals surface area contributed by atoms with E-state index in [4.69, 9.17) is 19.2 Å². The predicted octanol–water partition coefficient (Wildman–Crippen LogP) is -0.934. The maximum absolute atomic E-state index is 8.88. The first-order valence-corrected chi connectivity index (χ1v) is 2.35. The van der Waals surface area contributed by atoms with Crippen molar-refractivity contribution in [1.82, 2.24) is 0 Å². The molecule has 50 valence electrons. The minimum absolute atomic E-state index is 0. The Hall–Kier alpha value is 2.86. The number of hydrogen-bond acceptors (Lipinski definition) is 1. The Morgan fingerprint density at radius 2 is 1.12 bits per heavy atom. The average molecular weight is 388 g/mol. The largest absolute Gasteiger partial charge is 0.466 e. The molecule has 0 aliphatic rings. The van der Waals surface area contributed by atoms with Gasteiger partial charge in [-0.1, -0.05) is 0 Å². The van der Waals surface area contributed by atoms with Gasteiger partial charge in [0.2, 0.25) is 0 Å². The van der Waals surface area contributed by atoms with Crippen LogP contribution in [0.2, 0.25) is 0 Å². The fourth-order valence-electron chi connectivity index (χ4n) is 0. The van der Waals surface area contributed by atoms with E-state index < -0.39 is 7.82 Å². The molecule has 0 heterocycles. The van der Waals surface area contributed by atoms with Gasteiger partial charge in [-0.25, -0.2) is 4.57 Å². The van der Waals surface area contributed by atoms with Crippen molar-refractivity contribution in [2.75, 3.05) is 0 Å². The summed E-state index contributed by atoms with van der Waals surface area (Å²) in [6.07, 6.45) is 0. The van der Waals surface area contributed by atoms with E-state index in [1.54, 1.807) is 0 Å². The fourth-order valence-corrected chi connectivity index (χ4v) is 0. The van der Waals surface area contributed by atoms with Gasteiger partial charge < -0.3 is 14.7 Å². The van der Waals surface area contributed by atoms with Gasteiger partial charge in [0.05, 0.1) is 0 Å². The molecule has 8 heavy (non-hydrogen) atoms. The molecule has 0 fully saturated rings. The number of rotatable bonds is 0. The normalized spacial score (nSPS) is 7.38. The van der Waals surface area contributed by atoms with Gasteiger partial charge in [-0.2, -0.15) is 0 Å². The summed E-state index contributed by atoms with van der Waals surface area (Å²) in [7, 11) is -4.64. The molecule has 3 N–H and O–H groups in total. The second kappa shape index (κ2) is 9.86. The summed E-state index contributed by atoms with van der Waals surface area (Å²) >= 11 is 0. The third kappa shape index (κ3) is 66.8. The van der Waals surface area contributed by atoms with Gasteiger partial charge in [-0.05, 0) is 0 Å². The van der Waals surface area contributed by atoms with Crippen molar-refractivity contribution in [3.05, 3.63) is 0 Å². The van der Waals surface area contributed by atoms with Crippen LogP contribution in [0.1, 0.15) is 0 Å². The molecule has 0 saturated carbocycles. The smallest absolute Gasteiger partial charge is 0.303 e. The van der Waals surface area contributed by atoms with Crippen LogP contribution >= 0.6 is 7.82 Å². The fraction of sp³-hybridized carbons (Fsp3) is 0. The van der Waals surface area contributed by atoms with Crippen molar-refractivity contribution in [3.63, 3.8) is 0 Å². The van der Waals surface area contributed by atoms with Crippen LogP contribution in [-0.4, -0.2) is 14.7 Å². The molecule has 0 atom stereocenters. The van der Waals surface area contributed by atoms with Crippen LogP contribution in [0.5, 0.6) is 0 Å². The van der Waals surface area contributed by atoms with Crippen molar-refractivity contribution in [2.24, 2.45) is 0 Å². The van der Waals surface area contributed by atoms with Crippen LogP contribution in [0.3, 0.4) is 0 Å². The molecule has 0 aromatic rings. The summed E-state index contributed by atoms with van der Waals surface area (Å²) in [5, 5.41) is 0. The quantitative estimate of drug-likeness (QED) is 0.370. The standard InChI is InChI=1S/Ce.Ni.H3O4P.Zr/c;;1-5(2,3)4;/h;;(H3,1,2,3,4);. The van der Waals surface area contributed by atoms with Crippen molar-refractivity contribution in [1.29, 1.82) is 0 Å². The van der Waals surface area contributed by atoms with Crippen LogP contribution < -0.4 is 0 Å². The molecular formula is H3CeNiO4PZr.